The minimum Gasteiger partial charge on any atom is -0.387 e. The second kappa shape index (κ2) is 3.15. The highest BCUT2D eigenvalue weighted by Crippen LogP contribution is 2.20. The summed E-state index contributed by atoms with van der Waals surface area (Å²) >= 11 is 0. The first-order valence-corrected chi connectivity index (χ1v) is 4.22. The number of fused-ring (bicyclic) bond motifs is 1. The van der Waals surface area contributed by atoms with Crippen LogP contribution in [0.3, 0.4) is 0 Å². The molecule has 0 aliphatic rings. The third-order valence-electron chi connectivity index (χ3n) is 2.01. The number of nitrogens with zero attached hydrogens (tertiary/aromatic N) is 1. The molecule has 1 N–H and O–H groups in total. The fourth-order valence-corrected chi connectivity index (χ4v) is 1.41. The van der Waals surface area contributed by atoms with Crippen LogP contribution in [0.4, 0.5) is 0 Å². The van der Waals surface area contributed by atoms with Crippen molar-refractivity contribution in [1.82, 2.24) is 4.98 Å². The maximum absolute atomic E-state index is 9.45. The lowest BCUT2D eigenvalue weighted by Gasteiger charge is -2.06. The molecule has 1 radical (unpaired) electrons. The first kappa shape index (κ1) is 8.20. The van der Waals surface area contributed by atoms with Crippen LogP contribution in [0.1, 0.15) is 18.7 Å². The number of aliphatic hydroxyl groups excluding tert-OH is 1. The van der Waals surface area contributed by atoms with Crippen LogP contribution in [-0.4, -0.2) is 10.1 Å². The van der Waals surface area contributed by atoms with Gasteiger partial charge in [-0.05, 0) is 24.4 Å². The lowest BCUT2D eigenvalue weighted by Crippen LogP contribution is -1.95. The Kier molecular flexibility index (Phi) is 1.99. The predicted molar refractivity (Wildman–Crippen MR) is 51.2 cm³/mol. The van der Waals surface area contributed by atoms with Crippen LogP contribution in [0, 0.1) is 6.07 Å². The maximum Gasteiger partial charge on any atom is 0.0938 e. The molecule has 0 fully saturated rings. The van der Waals surface area contributed by atoms with Gasteiger partial charge in [0.1, 0.15) is 0 Å². The van der Waals surface area contributed by atoms with E-state index in [1.807, 2.05) is 24.3 Å². The lowest BCUT2D eigenvalue weighted by atomic mass is 10.1. The molecule has 1 atom stereocenters. The molecule has 13 heavy (non-hydrogen) atoms. The highest BCUT2D eigenvalue weighted by molar-refractivity contribution is 5.83. The van der Waals surface area contributed by atoms with Crippen molar-refractivity contribution in [3.05, 3.63) is 42.2 Å². The summed E-state index contributed by atoms with van der Waals surface area (Å²) in [7, 11) is 0. The summed E-state index contributed by atoms with van der Waals surface area (Å²) < 4.78 is 0. The zero-order valence-corrected chi connectivity index (χ0v) is 7.36. The second-order valence-corrected chi connectivity index (χ2v) is 3.00. The van der Waals surface area contributed by atoms with Crippen LogP contribution in [0.15, 0.2) is 30.5 Å². The van der Waals surface area contributed by atoms with Gasteiger partial charge in [0.05, 0.1) is 11.8 Å². The van der Waals surface area contributed by atoms with Crippen molar-refractivity contribution in [2.45, 2.75) is 13.0 Å². The van der Waals surface area contributed by atoms with E-state index in [1.54, 1.807) is 13.1 Å². The Balaban J connectivity index is 2.76. The van der Waals surface area contributed by atoms with Gasteiger partial charge in [-0.2, -0.15) is 0 Å². The van der Waals surface area contributed by atoms with Crippen molar-refractivity contribution in [2.24, 2.45) is 0 Å². The molecule has 2 heteroatoms. The molecule has 1 heterocycles. The van der Waals surface area contributed by atoms with E-state index >= 15 is 0 Å². The zero-order valence-electron chi connectivity index (χ0n) is 7.36. The molecule has 2 rings (SSSR count). The maximum atomic E-state index is 9.45. The summed E-state index contributed by atoms with van der Waals surface area (Å²) in [4.78, 5) is 4.14. The van der Waals surface area contributed by atoms with Crippen molar-refractivity contribution >= 4 is 10.8 Å². The Morgan fingerprint density at radius 2 is 2.31 bits per heavy atom. The molecular weight excluding hydrogens is 162 g/mol. The predicted octanol–water partition coefficient (Wildman–Crippen LogP) is 2.09. The number of aliphatic hydroxyl groups is 1. The molecular formula is C11H10NO. The van der Waals surface area contributed by atoms with E-state index in [0.717, 1.165) is 10.8 Å². The Morgan fingerprint density at radius 3 is 3.08 bits per heavy atom. The van der Waals surface area contributed by atoms with E-state index in [2.05, 4.69) is 11.1 Å². The average molecular weight is 172 g/mol. The number of pyridine rings is 1. The van der Waals surface area contributed by atoms with Gasteiger partial charge in [0.25, 0.3) is 0 Å². The average Bonchev–Trinajstić information content (AvgIpc) is 2.17. The van der Waals surface area contributed by atoms with Gasteiger partial charge in [-0.15, -0.1) is 0 Å². The van der Waals surface area contributed by atoms with Gasteiger partial charge >= 0.3 is 0 Å². The second-order valence-electron chi connectivity index (χ2n) is 3.00. The van der Waals surface area contributed by atoms with E-state index < -0.39 is 6.10 Å². The van der Waals surface area contributed by atoms with Crippen LogP contribution in [0.2, 0.25) is 0 Å². The SMILES string of the molecule is C[C@H](O)c1nccc2[c]cccc12. The van der Waals surface area contributed by atoms with Crippen LogP contribution in [-0.2, 0) is 0 Å². The Bertz CT molecular complexity index is 418. The largest absolute Gasteiger partial charge is 0.387 e. The Hall–Kier alpha value is -1.41. The van der Waals surface area contributed by atoms with E-state index in [9.17, 15) is 5.11 Å². The first-order chi connectivity index (χ1) is 6.29. The molecule has 0 saturated carbocycles. The fourth-order valence-electron chi connectivity index (χ4n) is 1.41. The van der Waals surface area contributed by atoms with E-state index in [0.29, 0.717) is 5.69 Å². The molecule has 0 bridgehead atoms. The summed E-state index contributed by atoms with van der Waals surface area (Å²) in [6, 6.07) is 10.7. The smallest absolute Gasteiger partial charge is 0.0938 e. The topological polar surface area (TPSA) is 33.1 Å². The molecule has 0 unspecified atom stereocenters. The monoisotopic (exact) mass is 172 g/mol. The van der Waals surface area contributed by atoms with Gasteiger partial charge in [0, 0.05) is 11.6 Å². The Morgan fingerprint density at radius 1 is 1.46 bits per heavy atom. The summed E-state index contributed by atoms with van der Waals surface area (Å²) in [5.74, 6) is 0. The Labute approximate surface area is 76.9 Å². The summed E-state index contributed by atoms with van der Waals surface area (Å²) in [6.07, 6.45) is 1.17. The molecule has 2 nitrogen and oxygen atoms in total. The van der Waals surface area contributed by atoms with Crippen molar-refractivity contribution in [2.75, 3.05) is 0 Å². The molecule has 1 aromatic carbocycles. The van der Waals surface area contributed by atoms with Gasteiger partial charge in [0.15, 0.2) is 0 Å². The molecule has 65 valence electrons. The molecule has 0 aliphatic carbocycles. The molecule has 0 saturated heterocycles. The van der Waals surface area contributed by atoms with Crippen LogP contribution in [0.25, 0.3) is 10.8 Å². The van der Waals surface area contributed by atoms with Gasteiger partial charge in [-0.25, -0.2) is 0 Å². The van der Waals surface area contributed by atoms with Crippen molar-refractivity contribution in [1.29, 1.82) is 0 Å². The number of hydrogen-bond acceptors (Lipinski definition) is 2. The van der Waals surface area contributed by atoms with Gasteiger partial charge in [-0.3, -0.25) is 4.98 Å². The van der Waals surface area contributed by atoms with Crippen molar-refractivity contribution in [3.8, 4) is 0 Å². The quantitative estimate of drug-likeness (QED) is 0.714. The van der Waals surface area contributed by atoms with Gasteiger partial charge in [0.2, 0.25) is 0 Å². The molecule has 0 spiro atoms. The summed E-state index contributed by atoms with van der Waals surface area (Å²) in [5.41, 5.74) is 0.717. The normalized spacial score (nSPS) is 13.1. The number of benzene rings is 1. The number of hydrogen-bond donors (Lipinski definition) is 1. The standard InChI is InChI=1S/C11H10NO/c1-8(13)11-10-5-3-2-4-9(10)6-7-12-11/h2-3,5-8,13H,1H3/t8-/m0/s1. The highest BCUT2D eigenvalue weighted by atomic mass is 16.3. The lowest BCUT2D eigenvalue weighted by molar-refractivity contribution is 0.196. The van der Waals surface area contributed by atoms with E-state index in [4.69, 9.17) is 0 Å². The van der Waals surface area contributed by atoms with Crippen LogP contribution >= 0.6 is 0 Å². The molecule has 2 aromatic rings. The fraction of sp³-hybridized carbons (Fsp3) is 0.182. The van der Waals surface area contributed by atoms with Crippen molar-refractivity contribution < 1.29 is 5.11 Å². The van der Waals surface area contributed by atoms with Crippen LogP contribution < -0.4 is 0 Å². The molecule has 1 aromatic heterocycles. The van der Waals surface area contributed by atoms with Gasteiger partial charge < -0.3 is 5.11 Å². The number of aromatic nitrogens is 1. The number of rotatable bonds is 1. The van der Waals surface area contributed by atoms with E-state index in [1.165, 1.54) is 0 Å². The summed E-state index contributed by atoms with van der Waals surface area (Å²) in [6.45, 7) is 1.72. The third kappa shape index (κ3) is 1.40. The van der Waals surface area contributed by atoms with Crippen LogP contribution in [0.5, 0.6) is 0 Å². The zero-order chi connectivity index (χ0) is 9.26. The summed E-state index contributed by atoms with van der Waals surface area (Å²) in [5, 5.41) is 11.4. The van der Waals surface area contributed by atoms with E-state index in [-0.39, 0.29) is 0 Å². The molecule has 0 aliphatic heterocycles. The third-order valence-corrected chi connectivity index (χ3v) is 2.01. The highest BCUT2D eigenvalue weighted by Gasteiger charge is 2.06. The van der Waals surface area contributed by atoms with Gasteiger partial charge in [-0.1, -0.05) is 18.2 Å². The molecule has 0 amide bonds. The minimum absolute atomic E-state index is 0.528. The first-order valence-electron chi connectivity index (χ1n) is 4.22. The van der Waals surface area contributed by atoms with Crippen molar-refractivity contribution in [3.63, 3.8) is 0 Å². The minimum atomic E-state index is -0.528.